The van der Waals surface area contributed by atoms with Gasteiger partial charge in [0.1, 0.15) is 0 Å². The number of carbonyl (C=O) groups excluding carboxylic acids is 2. The number of nitrogens with zero attached hydrogens (tertiary/aromatic N) is 3. The Morgan fingerprint density at radius 2 is 1.46 bits per heavy atom. The molecule has 2 saturated heterocycles. The van der Waals surface area contributed by atoms with E-state index in [1.165, 1.54) is 44.9 Å². The lowest BCUT2D eigenvalue weighted by molar-refractivity contribution is -0.133. The second kappa shape index (κ2) is 11.1. The third kappa shape index (κ3) is 6.45. The highest BCUT2D eigenvalue weighted by atomic mass is 16.2. The molecular weight excluding hydrogens is 352 g/mol. The summed E-state index contributed by atoms with van der Waals surface area (Å²) in [5.74, 6) is 1.13. The van der Waals surface area contributed by atoms with E-state index in [-0.39, 0.29) is 17.9 Å². The number of carbonyl (C=O) groups is 2. The molecule has 160 valence electrons. The van der Waals surface area contributed by atoms with Gasteiger partial charge in [-0.05, 0) is 38.5 Å². The molecule has 0 bridgehead atoms. The standard InChI is InChI=1S/C22H40N4O2/c1-19(22(28)23-17-20-9-5-4-6-10-20)25-15-13-24(14-16-25)18-21(27)26-11-7-2-3-8-12-26/h19-20H,2-18H2,1H3,(H,23,28). The maximum atomic E-state index is 12.6. The van der Waals surface area contributed by atoms with E-state index in [1.807, 2.05) is 6.92 Å². The average molecular weight is 393 g/mol. The molecule has 1 unspecified atom stereocenters. The lowest BCUT2D eigenvalue weighted by atomic mass is 9.89. The highest BCUT2D eigenvalue weighted by Crippen LogP contribution is 2.22. The molecule has 2 heterocycles. The van der Waals surface area contributed by atoms with Gasteiger partial charge in [0.05, 0.1) is 12.6 Å². The number of likely N-dealkylation sites (tertiary alicyclic amines) is 1. The van der Waals surface area contributed by atoms with Crippen LogP contribution in [-0.2, 0) is 9.59 Å². The zero-order valence-electron chi connectivity index (χ0n) is 17.8. The molecule has 3 rings (SSSR count). The number of hydrogen-bond acceptors (Lipinski definition) is 4. The number of hydrogen-bond donors (Lipinski definition) is 1. The van der Waals surface area contributed by atoms with Crippen molar-refractivity contribution in [1.82, 2.24) is 20.0 Å². The predicted molar refractivity (Wildman–Crippen MR) is 112 cm³/mol. The van der Waals surface area contributed by atoms with Crippen molar-refractivity contribution in [2.75, 3.05) is 52.4 Å². The smallest absolute Gasteiger partial charge is 0.237 e. The molecular formula is C22H40N4O2. The Morgan fingerprint density at radius 3 is 2.11 bits per heavy atom. The third-order valence-corrected chi connectivity index (χ3v) is 6.94. The molecule has 3 fully saturated rings. The van der Waals surface area contributed by atoms with Gasteiger partial charge in [0.25, 0.3) is 0 Å². The molecule has 2 aliphatic heterocycles. The van der Waals surface area contributed by atoms with Crippen LogP contribution >= 0.6 is 0 Å². The highest BCUT2D eigenvalue weighted by Gasteiger charge is 2.27. The van der Waals surface area contributed by atoms with Crippen molar-refractivity contribution in [2.45, 2.75) is 70.8 Å². The lowest BCUT2D eigenvalue weighted by Gasteiger charge is -2.38. The van der Waals surface area contributed by atoms with Gasteiger partial charge in [-0.1, -0.05) is 32.1 Å². The summed E-state index contributed by atoms with van der Waals surface area (Å²) < 4.78 is 0. The Bertz CT molecular complexity index is 491. The SMILES string of the molecule is CC(C(=O)NCC1CCCCC1)N1CCN(CC(=O)N2CCCCCC2)CC1. The molecule has 1 aliphatic carbocycles. The highest BCUT2D eigenvalue weighted by molar-refractivity contribution is 5.81. The van der Waals surface area contributed by atoms with Gasteiger partial charge in [0, 0.05) is 45.8 Å². The van der Waals surface area contributed by atoms with Gasteiger partial charge in [0.15, 0.2) is 0 Å². The van der Waals surface area contributed by atoms with Crippen molar-refractivity contribution in [3.8, 4) is 0 Å². The van der Waals surface area contributed by atoms with Gasteiger partial charge < -0.3 is 10.2 Å². The molecule has 0 spiro atoms. The number of rotatable bonds is 6. The van der Waals surface area contributed by atoms with E-state index in [2.05, 4.69) is 20.0 Å². The fourth-order valence-corrected chi connectivity index (χ4v) is 4.87. The molecule has 1 saturated carbocycles. The van der Waals surface area contributed by atoms with Crippen LogP contribution in [0.3, 0.4) is 0 Å². The van der Waals surface area contributed by atoms with Crippen LogP contribution in [0.15, 0.2) is 0 Å². The summed E-state index contributed by atoms with van der Waals surface area (Å²) in [5.41, 5.74) is 0. The van der Waals surface area contributed by atoms with Crippen LogP contribution in [0.5, 0.6) is 0 Å². The summed E-state index contributed by atoms with van der Waals surface area (Å²) in [6.07, 6.45) is 11.3. The van der Waals surface area contributed by atoms with Crippen molar-refractivity contribution >= 4 is 11.8 Å². The minimum absolute atomic E-state index is 0.0768. The summed E-state index contributed by atoms with van der Waals surface area (Å²) in [5, 5.41) is 3.19. The van der Waals surface area contributed by atoms with E-state index in [0.29, 0.717) is 12.5 Å². The van der Waals surface area contributed by atoms with E-state index >= 15 is 0 Å². The summed E-state index contributed by atoms with van der Waals surface area (Å²) in [4.78, 5) is 31.7. The largest absolute Gasteiger partial charge is 0.354 e. The molecule has 6 nitrogen and oxygen atoms in total. The van der Waals surface area contributed by atoms with Crippen molar-refractivity contribution in [3.05, 3.63) is 0 Å². The zero-order chi connectivity index (χ0) is 19.8. The van der Waals surface area contributed by atoms with Crippen LogP contribution in [0.2, 0.25) is 0 Å². The van der Waals surface area contributed by atoms with Gasteiger partial charge in [-0.25, -0.2) is 0 Å². The first-order valence-electron chi connectivity index (χ1n) is 11.7. The monoisotopic (exact) mass is 392 g/mol. The Kier molecular flexibility index (Phi) is 8.59. The molecule has 2 amide bonds. The Morgan fingerprint density at radius 1 is 0.857 bits per heavy atom. The van der Waals surface area contributed by atoms with Gasteiger partial charge in [-0.3, -0.25) is 19.4 Å². The van der Waals surface area contributed by atoms with E-state index in [9.17, 15) is 9.59 Å². The Labute approximate surface area is 171 Å². The van der Waals surface area contributed by atoms with E-state index in [4.69, 9.17) is 0 Å². The predicted octanol–water partition coefficient (Wildman–Crippen LogP) is 2.09. The summed E-state index contributed by atoms with van der Waals surface area (Å²) in [7, 11) is 0. The third-order valence-electron chi connectivity index (χ3n) is 6.94. The molecule has 28 heavy (non-hydrogen) atoms. The minimum Gasteiger partial charge on any atom is -0.354 e. The summed E-state index contributed by atoms with van der Waals surface area (Å²) >= 11 is 0. The average Bonchev–Trinajstić information content (AvgIpc) is 3.02. The molecule has 0 aromatic rings. The minimum atomic E-state index is -0.0768. The first-order chi connectivity index (χ1) is 13.6. The normalized spacial score (nSPS) is 24.5. The van der Waals surface area contributed by atoms with Crippen LogP contribution in [-0.4, -0.2) is 84.9 Å². The van der Waals surface area contributed by atoms with Crippen LogP contribution in [0.4, 0.5) is 0 Å². The Balaban J connectivity index is 1.35. The fourth-order valence-electron chi connectivity index (χ4n) is 4.87. The van der Waals surface area contributed by atoms with Crippen LogP contribution in [0.25, 0.3) is 0 Å². The van der Waals surface area contributed by atoms with Gasteiger partial charge in [-0.2, -0.15) is 0 Å². The van der Waals surface area contributed by atoms with Crippen molar-refractivity contribution in [2.24, 2.45) is 5.92 Å². The molecule has 0 aromatic heterocycles. The fraction of sp³-hybridized carbons (Fsp3) is 0.909. The number of piperazine rings is 1. The van der Waals surface area contributed by atoms with Crippen LogP contribution in [0.1, 0.15) is 64.7 Å². The van der Waals surface area contributed by atoms with Gasteiger partial charge in [-0.15, -0.1) is 0 Å². The number of amides is 2. The maximum absolute atomic E-state index is 12.6. The van der Waals surface area contributed by atoms with E-state index in [0.717, 1.165) is 58.7 Å². The Hall–Kier alpha value is -1.14. The van der Waals surface area contributed by atoms with Gasteiger partial charge in [0.2, 0.25) is 11.8 Å². The second-order valence-electron chi connectivity index (χ2n) is 9.03. The molecule has 6 heteroatoms. The van der Waals surface area contributed by atoms with Crippen molar-refractivity contribution in [3.63, 3.8) is 0 Å². The molecule has 0 aromatic carbocycles. The zero-order valence-corrected chi connectivity index (χ0v) is 17.8. The topological polar surface area (TPSA) is 55.9 Å². The first kappa shape index (κ1) is 21.6. The summed E-state index contributed by atoms with van der Waals surface area (Å²) in [6, 6.07) is -0.0768. The summed E-state index contributed by atoms with van der Waals surface area (Å²) in [6.45, 7) is 8.74. The molecule has 1 atom stereocenters. The van der Waals surface area contributed by atoms with Crippen LogP contribution < -0.4 is 5.32 Å². The lowest BCUT2D eigenvalue weighted by Crippen LogP contribution is -2.55. The van der Waals surface area contributed by atoms with Crippen molar-refractivity contribution in [1.29, 1.82) is 0 Å². The van der Waals surface area contributed by atoms with E-state index in [1.54, 1.807) is 0 Å². The maximum Gasteiger partial charge on any atom is 0.237 e. The second-order valence-corrected chi connectivity index (χ2v) is 9.03. The molecule has 0 radical (unpaired) electrons. The van der Waals surface area contributed by atoms with Gasteiger partial charge >= 0.3 is 0 Å². The van der Waals surface area contributed by atoms with E-state index < -0.39 is 0 Å². The van der Waals surface area contributed by atoms with Crippen LogP contribution in [0, 0.1) is 5.92 Å². The van der Waals surface area contributed by atoms with Crippen molar-refractivity contribution < 1.29 is 9.59 Å². The first-order valence-corrected chi connectivity index (χ1v) is 11.7. The quantitative estimate of drug-likeness (QED) is 0.752. The molecule has 1 N–H and O–H groups in total. The molecule has 3 aliphatic rings. The number of nitrogens with one attached hydrogen (secondary N) is 1.